The zero-order valence-electron chi connectivity index (χ0n) is 9.24. The number of fused-ring (bicyclic) bond motifs is 1. The first-order valence-electron chi connectivity index (χ1n) is 5.30. The molecule has 0 unspecified atom stereocenters. The minimum absolute atomic E-state index is 0.578. The van der Waals surface area contributed by atoms with E-state index >= 15 is 0 Å². The van der Waals surface area contributed by atoms with E-state index in [0.717, 1.165) is 22.3 Å². The van der Waals surface area contributed by atoms with Crippen LogP contribution in [-0.2, 0) is 0 Å². The lowest BCUT2D eigenvalue weighted by Gasteiger charge is -2.02. The fourth-order valence-electron chi connectivity index (χ4n) is 1.93. The zero-order valence-corrected chi connectivity index (χ0v) is 9.99. The van der Waals surface area contributed by atoms with Crippen LogP contribution in [0.4, 0.5) is 0 Å². The average molecular weight is 244 g/mol. The van der Waals surface area contributed by atoms with Gasteiger partial charge in [-0.25, -0.2) is 9.97 Å². The summed E-state index contributed by atoms with van der Waals surface area (Å²) in [7, 11) is 0. The van der Waals surface area contributed by atoms with Gasteiger partial charge in [-0.3, -0.25) is 0 Å². The molecule has 4 heteroatoms. The van der Waals surface area contributed by atoms with Crippen molar-refractivity contribution in [3.05, 3.63) is 47.4 Å². The summed E-state index contributed by atoms with van der Waals surface area (Å²) in [4.78, 5) is 11.5. The van der Waals surface area contributed by atoms with Gasteiger partial charge in [-0.05, 0) is 19.1 Å². The number of H-pyrrole nitrogens is 1. The Bertz CT molecular complexity index is 688. The first kappa shape index (κ1) is 10.3. The first-order valence-corrected chi connectivity index (χ1v) is 5.68. The Hall–Kier alpha value is -1.87. The van der Waals surface area contributed by atoms with E-state index in [2.05, 4.69) is 34.0 Å². The maximum Gasteiger partial charge on any atom is 0.142 e. The van der Waals surface area contributed by atoms with Crippen molar-refractivity contribution in [1.29, 1.82) is 0 Å². The number of aromatic amines is 1. The largest absolute Gasteiger partial charge is 0.330 e. The molecule has 0 saturated heterocycles. The van der Waals surface area contributed by atoms with E-state index in [-0.39, 0.29) is 0 Å². The Balaban J connectivity index is 2.30. The molecule has 0 spiro atoms. The van der Waals surface area contributed by atoms with Gasteiger partial charge in [0.25, 0.3) is 0 Å². The van der Waals surface area contributed by atoms with Crippen LogP contribution in [0.25, 0.3) is 22.3 Å². The Morgan fingerprint density at radius 3 is 2.88 bits per heavy atom. The van der Waals surface area contributed by atoms with Crippen LogP contribution in [0, 0.1) is 6.92 Å². The van der Waals surface area contributed by atoms with Crippen molar-refractivity contribution < 1.29 is 0 Å². The predicted octanol–water partition coefficient (Wildman–Crippen LogP) is 3.59. The Labute approximate surface area is 103 Å². The molecule has 0 fully saturated rings. The van der Waals surface area contributed by atoms with Gasteiger partial charge in [-0.15, -0.1) is 0 Å². The monoisotopic (exact) mass is 243 g/mol. The van der Waals surface area contributed by atoms with Crippen LogP contribution < -0.4 is 0 Å². The van der Waals surface area contributed by atoms with Crippen molar-refractivity contribution in [1.82, 2.24) is 15.0 Å². The lowest BCUT2D eigenvalue weighted by Crippen LogP contribution is -1.87. The second kappa shape index (κ2) is 3.86. The number of nitrogens with zero attached hydrogens (tertiary/aromatic N) is 2. The quantitative estimate of drug-likeness (QED) is 0.710. The Kier molecular flexibility index (Phi) is 2.34. The van der Waals surface area contributed by atoms with E-state index in [1.807, 2.05) is 18.2 Å². The number of benzene rings is 1. The molecule has 2 aromatic heterocycles. The van der Waals surface area contributed by atoms with E-state index in [4.69, 9.17) is 11.6 Å². The fraction of sp³-hybridized carbons (Fsp3) is 0.0769. The summed E-state index contributed by atoms with van der Waals surface area (Å²) < 4.78 is 0. The van der Waals surface area contributed by atoms with Crippen LogP contribution in [-0.4, -0.2) is 15.0 Å². The van der Waals surface area contributed by atoms with Crippen LogP contribution in [0.5, 0.6) is 0 Å². The van der Waals surface area contributed by atoms with Crippen LogP contribution in [0.3, 0.4) is 0 Å². The standard InChI is InChI=1S/C13H10ClN3/c1-8-3-2-4-9(5-8)12-10-6-11(14)17-13(10)16-7-15-12/h2-7H,1H3,(H,15,16,17). The lowest BCUT2D eigenvalue weighted by atomic mass is 10.1. The van der Waals surface area contributed by atoms with Crippen molar-refractivity contribution >= 4 is 22.6 Å². The highest BCUT2D eigenvalue weighted by Gasteiger charge is 2.08. The van der Waals surface area contributed by atoms with Crippen LogP contribution in [0.15, 0.2) is 36.7 Å². The smallest absolute Gasteiger partial charge is 0.142 e. The molecule has 1 aromatic carbocycles. The summed E-state index contributed by atoms with van der Waals surface area (Å²) in [5, 5.41) is 1.53. The number of aryl methyl sites for hydroxylation is 1. The lowest BCUT2D eigenvalue weighted by molar-refractivity contribution is 1.20. The molecular weight excluding hydrogens is 234 g/mol. The molecule has 0 bridgehead atoms. The highest BCUT2D eigenvalue weighted by atomic mass is 35.5. The van der Waals surface area contributed by atoms with E-state index in [1.165, 1.54) is 5.56 Å². The Morgan fingerprint density at radius 2 is 2.06 bits per heavy atom. The summed E-state index contributed by atoms with van der Waals surface area (Å²) in [6.45, 7) is 2.06. The van der Waals surface area contributed by atoms with Gasteiger partial charge in [0.1, 0.15) is 17.1 Å². The van der Waals surface area contributed by atoms with Crippen molar-refractivity contribution in [3.63, 3.8) is 0 Å². The molecule has 3 rings (SSSR count). The molecule has 0 radical (unpaired) electrons. The normalized spacial score (nSPS) is 10.9. The van der Waals surface area contributed by atoms with E-state index in [1.54, 1.807) is 6.33 Å². The van der Waals surface area contributed by atoms with Gasteiger partial charge < -0.3 is 4.98 Å². The maximum absolute atomic E-state index is 5.95. The second-order valence-electron chi connectivity index (χ2n) is 3.97. The number of rotatable bonds is 1. The SMILES string of the molecule is Cc1cccc(-c2ncnc3[nH]c(Cl)cc23)c1. The highest BCUT2D eigenvalue weighted by molar-refractivity contribution is 6.30. The molecule has 0 aliphatic rings. The first-order chi connectivity index (χ1) is 8.24. The molecule has 0 aliphatic heterocycles. The molecule has 2 heterocycles. The van der Waals surface area contributed by atoms with E-state index in [0.29, 0.717) is 5.15 Å². The summed E-state index contributed by atoms with van der Waals surface area (Å²) in [6, 6.07) is 10.1. The van der Waals surface area contributed by atoms with Gasteiger partial charge in [0, 0.05) is 10.9 Å². The molecule has 3 aromatic rings. The molecule has 0 amide bonds. The number of hydrogen-bond acceptors (Lipinski definition) is 2. The van der Waals surface area contributed by atoms with Gasteiger partial charge in [0.2, 0.25) is 0 Å². The molecule has 17 heavy (non-hydrogen) atoms. The van der Waals surface area contributed by atoms with E-state index < -0.39 is 0 Å². The second-order valence-corrected chi connectivity index (χ2v) is 4.38. The maximum atomic E-state index is 5.95. The molecule has 0 aliphatic carbocycles. The predicted molar refractivity (Wildman–Crippen MR) is 69.1 cm³/mol. The molecule has 3 nitrogen and oxygen atoms in total. The number of hydrogen-bond donors (Lipinski definition) is 1. The van der Waals surface area contributed by atoms with E-state index in [9.17, 15) is 0 Å². The van der Waals surface area contributed by atoms with Crippen LogP contribution >= 0.6 is 11.6 Å². The summed E-state index contributed by atoms with van der Waals surface area (Å²) in [5.41, 5.74) is 3.95. The number of aromatic nitrogens is 3. The number of halogens is 1. The third kappa shape index (κ3) is 1.78. The van der Waals surface area contributed by atoms with Crippen molar-refractivity contribution in [3.8, 4) is 11.3 Å². The minimum Gasteiger partial charge on any atom is -0.330 e. The Morgan fingerprint density at radius 1 is 1.18 bits per heavy atom. The zero-order chi connectivity index (χ0) is 11.8. The molecule has 0 atom stereocenters. The average Bonchev–Trinajstić information content (AvgIpc) is 2.68. The van der Waals surface area contributed by atoms with Gasteiger partial charge in [0.05, 0.1) is 5.69 Å². The summed E-state index contributed by atoms with van der Waals surface area (Å²) >= 11 is 5.95. The molecule has 1 N–H and O–H groups in total. The van der Waals surface area contributed by atoms with Crippen molar-refractivity contribution in [2.45, 2.75) is 6.92 Å². The van der Waals surface area contributed by atoms with Crippen molar-refractivity contribution in [2.24, 2.45) is 0 Å². The van der Waals surface area contributed by atoms with Crippen LogP contribution in [0.1, 0.15) is 5.56 Å². The third-order valence-corrected chi connectivity index (χ3v) is 2.89. The molecule has 0 saturated carbocycles. The summed E-state index contributed by atoms with van der Waals surface area (Å²) in [6.07, 6.45) is 1.55. The molecular formula is C13H10ClN3. The third-order valence-electron chi connectivity index (χ3n) is 2.68. The summed E-state index contributed by atoms with van der Waals surface area (Å²) in [5.74, 6) is 0. The van der Waals surface area contributed by atoms with Gasteiger partial charge >= 0.3 is 0 Å². The topological polar surface area (TPSA) is 41.6 Å². The fourth-order valence-corrected chi connectivity index (χ4v) is 2.13. The van der Waals surface area contributed by atoms with Crippen LogP contribution in [0.2, 0.25) is 5.15 Å². The van der Waals surface area contributed by atoms with Crippen molar-refractivity contribution in [2.75, 3.05) is 0 Å². The minimum atomic E-state index is 0.578. The van der Waals surface area contributed by atoms with Gasteiger partial charge in [-0.2, -0.15) is 0 Å². The highest BCUT2D eigenvalue weighted by Crippen LogP contribution is 2.27. The molecule has 84 valence electrons. The van der Waals surface area contributed by atoms with Gasteiger partial charge in [0.15, 0.2) is 0 Å². The van der Waals surface area contributed by atoms with Gasteiger partial charge in [-0.1, -0.05) is 35.4 Å². The number of nitrogens with one attached hydrogen (secondary N) is 1.